The predicted octanol–water partition coefficient (Wildman–Crippen LogP) is 4.41. The predicted molar refractivity (Wildman–Crippen MR) is 128 cm³/mol. The van der Waals surface area contributed by atoms with Crippen LogP contribution in [0.5, 0.6) is 0 Å². The van der Waals surface area contributed by atoms with Crippen LogP contribution in [-0.2, 0) is 9.59 Å². The van der Waals surface area contributed by atoms with Crippen molar-refractivity contribution in [1.29, 1.82) is 5.41 Å². The molecule has 0 saturated carbocycles. The summed E-state index contributed by atoms with van der Waals surface area (Å²) in [6, 6.07) is -0.893. The number of nitrogens with two attached hydrogens (primary N) is 1. The van der Waals surface area contributed by atoms with Gasteiger partial charge in [0.2, 0.25) is 5.91 Å². The van der Waals surface area contributed by atoms with E-state index in [1.54, 1.807) is 0 Å². The van der Waals surface area contributed by atoms with Crippen molar-refractivity contribution in [3.63, 3.8) is 0 Å². The summed E-state index contributed by atoms with van der Waals surface area (Å²) in [5, 5.41) is 21.5. The maximum atomic E-state index is 12.0. The zero-order valence-electron chi connectivity index (χ0n) is 19.1. The van der Waals surface area contributed by atoms with Crippen LogP contribution < -0.4 is 16.4 Å². The van der Waals surface area contributed by atoms with Crippen molar-refractivity contribution < 1.29 is 14.7 Å². The van der Waals surface area contributed by atoms with Gasteiger partial charge in [0.1, 0.15) is 6.04 Å². The molecular weight excluding hydrogens is 392 g/mol. The number of rotatable bonds is 19. The maximum absolute atomic E-state index is 12.0. The number of hydrogen-bond acceptors (Lipinski definition) is 3. The molecule has 0 aliphatic heterocycles. The van der Waals surface area contributed by atoms with Gasteiger partial charge in [-0.1, -0.05) is 62.6 Å². The molecule has 6 N–H and O–H groups in total. The average molecular weight is 435 g/mol. The van der Waals surface area contributed by atoms with Crippen molar-refractivity contribution in [2.24, 2.45) is 5.73 Å². The number of carbonyl (C=O) groups excluding carboxylic acids is 1. The Labute approximate surface area is 187 Å². The monoisotopic (exact) mass is 434 g/mol. The molecule has 0 saturated heterocycles. The first-order chi connectivity index (χ1) is 15.0. The highest BCUT2D eigenvalue weighted by molar-refractivity contribution is 5.83. The fraction of sp³-hybridized carbons (Fsp3) is 0.625. The first kappa shape index (κ1) is 28.4. The van der Waals surface area contributed by atoms with Crippen LogP contribution in [0.15, 0.2) is 36.5 Å². The zero-order chi connectivity index (χ0) is 23.2. The molecular formula is C24H42N4O3. The minimum Gasteiger partial charge on any atom is -0.480 e. The molecule has 1 atom stereocenters. The van der Waals surface area contributed by atoms with E-state index in [0.29, 0.717) is 25.8 Å². The molecule has 0 bridgehead atoms. The molecule has 0 rings (SSSR count). The van der Waals surface area contributed by atoms with Gasteiger partial charge in [0.05, 0.1) is 0 Å². The summed E-state index contributed by atoms with van der Waals surface area (Å²) in [7, 11) is 0. The lowest BCUT2D eigenvalue weighted by atomic mass is 10.1. The van der Waals surface area contributed by atoms with E-state index in [1.807, 2.05) is 0 Å². The Balaban J connectivity index is 3.68. The number of aliphatic carboxylic acids is 1. The van der Waals surface area contributed by atoms with E-state index >= 15 is 0 Å². The van der Waals surface area contributed by atoms with Crippen molar-refractivity contribution in [2.75, 3.05) is 6.54 Å². The lowest BCUT2D eigenvalue weighted by Crippen LogP contribution is -2.41. The van der Waals surface area contributed by atoms with Gasteiger partial charge in [0.25, 0.3) is 0 Å². The fourth-order valence-electron chi connectivity index (χ4n) is 2.96. The summed E-state index contributed by atoms with van der Waals surface area (Å²) < 4.78 is 0. The fourth-order valence-corrected chi connectivity index (χ4v) is 2.96. The molecule has 0 fully saturated rings. The summed E-state index contributed by atoms with van der Waals surface area (Å²) in [4.78, 5) is 23.2. The Bertz CT molecular complexity index is 585. The molecule has 7 heteroatoms. The quantitative estimate of drug-likeness (QED) is 0.0890. The molecule has 0 heterocycles. The molecule has 0 aromatic rings. The highest BCUT2D eigenvalue weighted by Crippen LogP contribution is 2.08. The van der Waals surface area contributed by atoms with Gasteiger partial charge in [-0.05, 0) is 51.4 Å². The molecule has 1 amide bonds. The third kappa shape index (κ3) is 20.5. The largest absolute Gasteiger partial charge is 0.480 e. The normalized spacial score (nSPS) is 12.5. The van der Waals surface area contributed by atoms with Gasteiger partial charge >= 0.3 is 5.97 Å². The van der Waals surface area contributed by atoms with E-state index in [0.717, 1.165) is 57.8 Å². The standard InChI is InChI=1S/C24H42N4O3/c1-2-3-4-5-6-7-8-9-10-11-12-13-14-15-16-19-22(29)28-21(23(30)31)18-17-20-27-24(25)26/h3-4,6-7,9-10,21H,2,5,8,11-20H2,1H3,(H,28,29)(H,30,31)(H4,25,26,27)/b4-3-,7-6-,10-9-/t21-/m0/s1. The Hall–Kier alpha value is -2.57. The number of amides is 1. The summed E-state index contributed by atoms with van der Waals surface area (Å²) in [5.74, 6) is -1.39. The van der Waals surface area contributed by atoms with Crippen molar-refractivity contribution in [3.8, 4) is 0 Å². The van der Waals surface area contributed by atoms with Crippen LogP contribution in [0.1, 0.15) is 84.0 Å². The summed E-state index contributed by atoms with van der Waals surface area (Å²) in [5.41, 5.74) is 5.18. The van der Waals surface area contributed by atoms with Crippen LogP contribution >= 0.6 is 0 Å². The van der Waals surface area contributed by atoms with Crippen LogP contribution in [0.4, 0.5) is 0 Å². The molecule has 31 heavy (non-hydrogen) atoms. The minimum absolute atomic E-state index is 0.143. The highest BCUT2D eigenvalue weighted by atomic mass is 16.4. The maximum Gasteiger partial charge on any atom is 0.326 e. The Morgan fingerprint density at radius 3 is 2.19 bits per heavy atom. The smallest absolute Gasteiger partial charge is 0.326 e. The number of allylic oxidation sites excluding steroid dienone is 6. The molecule has 0 aliphatic carbocycles. The highest BCUT2D eigenvalue weighted by Gasteiger charge is 2.18. The van der Waals surface area contributed by atoms with Gasteiger partial charge in [-0.15, -0.1) is 0 Å². The van der Waals surface area contributed by atoms with Gasteiger partial charge in [0.15, 0.2) is 5.96 Å². The molecule has 0 aliphatic rings. The molecule has 0 spiro atoms. The van der Waals surface area contributed by atoms with E-state index in [4.69, 9.17) is 11.1 Å². The molecule has 0 unspecified atom stereocenters. The molecule has 176 valence electrons. The van der Waals surface area contributed by atoms with Gasteiger partial charge in [-0.25, -0.2) is 4.79 Å². The molecule has 7 nitrogen and oxygen atoms in total. The summed E-state index contributed by atoms with van der Waals surface area (Å²) in [6.07, 6.45) is 23.7. The third-order valence-corrected chi connectivity index (χ3v) is 4.67. The average Bonchev–Trinajstić information content (AvgIpc) is 2.72. The second kappa shape index (κ2) is 20.7. The first-order valence-corrected chi connectivity index (χ1v) is 11.5. The van der Waals surface area contributed by atoms with E-state index < -0.39 is 12.0 Å². The summed E-state index contributed by atoms with van der Waals surface area (Å²) in [6.45, 7) is 2.55. The van der Waals surface area contributed by atoms with E-state index in [-0.39, 0.29) is 11.9 Å². The summed E-state index contributed by atoms with van der Waals surface area (Å²) >= 11 is 0. The van der Waals surface area contributed by atoms with Crippen LogP contribution in [-0.4, -0.2) is 35.5 Å². The SMILES string of the molecule is CC/C=C\C/C=C\C/C=C\CCCCCCCC(=O)N[C@@H](CCCNC(=N)N)C(=O)O. The van der Waals surface area contributed by atoms with Crippen LogP contribution in [0.2, 0.25) is 0 Å². The van der Waals surface area contributed by atoms with Crippen LogP contribution in [0.25, 0.3) is 0 Å². The van der Waals surface area contributed by atoms with Crippen molar-refractivity contribution in [1.82, 2.24) is 10.6 Å². The Morgan fingerprint density at radius 1 is 0.935 bits per heavy atom. The lowest BCUT2D eigenvalue weighted by molar-refractivity contribution is -0.142. The molecule has 0 aromatic carbocycles. The van der Waals surface area contributed by atoms with E-state index in [9.17, 15) is 14.7 Å². The molecule has 0 aromatic heterocycles. The first-order valence-electron chi connectivity index (χ1n) is 11.5. The zero-order valence-corrected chi connectivity index (χ0v) is 19.1. The molecule has 0 radical (unpaired) electrons. The topological polar surface area (TPSA) is 128 Å². The number of unbranched alkanes of at least 4 members (excludes halogenated alkanes) is 5. The van der Waals surface area contributed by atoms with Gasteiger partial charge in [-0.2, -0.15) is 0 Å². The third-order valence-electron chi connectivity index (χ3n) is 4.67. The number of carboxylic acid groups (broad SMARTS) is 1. The second-order valence-corrected chi connectivity index (χ2v) is 7.54. The number of nitrogens with one attached hydrogen (secondary N) is 3. The Morgan fingerprint density at radius 2 is 1.55 bits per heavy atom. The van der Waals surface area contributed by atoms with Crippen LogP contribution in [0.3, 0.4) is 0 Å². The van der Waals surface area contributed by atoms with E-state index in [2.05, 4.69) is 54.0 Å². The number of carboxylic acids is 1. The Kier molecular flexibility index (Phi) is 19.0. The van der Waals surface area contributed by atoms with Crippen LogP contribution in [0, 0.1) is 5.41 Å². The van der Waals surface area contributed by atoms with Gasteiger partial charge in [0, 0.05) is 13.0 Å². The minimum atomic E-state index is -1.03. The van der Waals surface area contributed by atoms with Gasteiger partial charge in [-0.3, -0.25) is 10.2 Å². The number of hydrogen-bond donors (Lipinski definition) is 5. The number of carbonyl (C=O) groups is 2. The van der Waals surface area contributed by atoms with Gasteiger partial charge < -0.3 is 21.5 Å². The lowest BCUT2D eigenvalue weighted by Gasteiger charge is -2.14. The van der Waals surface area contributed by atoms with E-state index in [1.165, 1.54) is 0 Å². The van der Waals surface area contributed by atoms with Crippen molar-refractivity contribution in [3.05, 3.63) is 36.5 Å². The second-order valence-electron chi connectivity index (χ2n) is 7.54. The van der Waals surface area contributed by atoms with Crippen molar-refractivity contribution >= 4 is 17.8 Å². The number of guanidine groups is 1. The van der Waals surface area contributed by atoms with Crippen molar-refractivity contribution in [2.45, 2.75) is 90.0 Å².